The molecule has 2 aromatic heterocycles. The first-order valence-electron chi connectivity index (χ1n) is 11.9. The van der Waals surface area contributed by atoms with Gasteiger partial charge < -0.3 is 0 Å². The van der Waals surface area contributed by atoms with Crippen molar-refractivity contribution in [1.29, 1.82) is 0 Å². The molecular formula is C30H30N2S2. The molecule has 0 fully saturated rings. The summed E-state index contributed by atoms with van der Waals surface area (Å²) in [6.07, 6.45) is 3.56. The van der Waals surface area contributed by atoms with Crippen LogP contribution in [0.2, 0.25) is 0 Å². The fraction of sp³-hybridized carbons (Fsp3) is 0.300. The van der Waals surface area contributed by atoms with E-state index in [-0.39, 0.29) is 5.41 Å². The van der Waals surface area contributed by atoms with Crippen LogP contribution in [0.4, 0.5) is 0 Å². The molecule has 34 heavy (non-hydrogen) atoms. The average molecular weight is 483 g/mol. The van der Waals surface area contributed by atoms with Crippen molar-refractivity contribution in [3.63, 3.8) is 0 Å². The number of thiocarbonyl (C=S) groups is 1. The predicted octanol–water partition coefficient (Wildman–Crippen LogP) is 8.92. The molecule has 0 unspecified atom stereocenters. The molecule has 5 rings (SSSR count). The second-order valence-electron chi connectivity index (χ2n) is 10.6. The lowest BCUT2D eigenvalue weighted by molar-refractivity contribution is 0.596. The summed E-state index contributed by atoms with van der Waals surface area (Å²) in [4.78, 5) is 10.6. The molecule has 2 nitrogen and oxygen atoms in total. The summed E-state index contributed by atoms with van der Waals surface area (Å²) < 4.78 is 2.40. The van der Waals surface area contributed by atoms with Crippen LogP contribution in [-0.4, -0.2) is 14.8 Å². The maximum atomic E-state index is 5.65. The van der Waals surface area contributed by atoms with E-state index in [1.165, 1.54) is 32.0 Å². The summed E-state index contributed by atoms with van der Waals surface area (Å²) in [5.41, 5.74) is 5.85. The normalized spacial score (nSPS) is 12.3. The van der Waals surface area contributed by atoms with Crippen LogP contribution < -0.4 is 0 Å². The van der Waals surface area contributed by atoms with Crippen molar-refractivity contribution in [2.45, 2.75) is 52.9 Å². The lowest BCUT2D eigenvalue weighted by atomic mass is 9.82. The summed E-state index contributed by atoms with van der Waals surface area (Å²) in [5, 5.41) is 3.75. The predicted molar refractivity (Wildman–Crippen MR) is 152 cm³/mol. The van der Waals surface area contributed by atoms with Crippen molar-refractivity contribution >= 4 is 59.5 Å². The van der Waals surface area contributed by atoms with Crippen molar-refractivity contribution in [3.8, 4) is 11.3 Å². The molecule has 3 aromatic carbocycles. The third-order valence-electron chi connectivity index (χ3n) is 6.30. The second kappa shape index (κ2) is 8.83. The van der Waals surface area contributed by atoms with Crippen LogP contribution in [0.15, 0.2) is 60.9 Å². The molecule has 172 valence electrons. The molecule has 0 spiro atoms. The molecule has 5 aromatic rings. The third-order valence-corrected chi connectivity index (χ3v) is 7.76. The quantitative estimate of drug-likeness (QED) is 0.234. The smallest absolute Gasteiger partial charge is 0.116 e. The number of nitrogens with zero attached hydrogens (tertiary/aromatic N) is 2. The van der Waals surface area contributed by atoms with E-state index in [1.807, 2.05) is 0 Å². The SMILES string of the molecule is CC(C)CC(=S)Cc1ccc2c(c1)sc1c(-c3cc(C(C)(C)C)c4ccccc4c3)ncnc12. The summed E-state index contributed by atoms with van der Waals surface area (Å²) in [7, 11) is 0. The minimum atomic E-state index is 0.0330. The standard InChI is InChI=1S/C30H30N2S2/c1-18(2)12-22(33)13-19-10-11-24-26(14-19)34-29-27(31-17-32-28(24)29)21-15-20-8-6-7-9-23(20)25(16-21)30(3,4)5/h6-11,14-18H,12-13H2,1-5H3. The van der Waals surface area contributed by atoms with E-state index < -0.39 is 0 Å². The van der Waals surface area contributed by atoms with E-state index in [4.69, 9.17) is 22.2 Å². The van der Waals surface area contributed by atoms with Crippen LogP contribution in [0.25, 0.3) is 42.3 Å². The van der Waals surface area contributed by atoms with Gasteiger partial charge in [0.25, 0.3) is 0 Å². The fourth-order valence-electron chi connectivity index (χ4n) is 4.76. The number of hydrogen-bond acceptors (Lipinski definition) is 4. The van der Waals surface area contributed by atoms with Gasteiger partial charge in [0, 0.05) is 22.1 Å². The van der Waals surface area contributed by atoms with Gasteiger partial charge in [0.2, 0.25) is 0 Å². The first-order valence-corrected chi connectivity index (χ1v) is 13.1. The van der Waals surface area contributed by atoms with E-state index in [0.717, 1.165) is 39.2 Å². The fourth-order valence-corrected chi connectivity index (χ4v) is 6.49. The second-order valence-corrected chi connectivity index (χ2v) is 12.3. The van der Waals surface area contributed by atoms with Crippen molar-refractivity contribution in [2.24, 2.45) is 5.92 Å². The molecule has 0 saturated carbocycles. The monoisotopic (exact) mass is 482 g/mol. The first-order chi connectivity index (χ1) is 16.2. The zero-order valence-corrected chi connectivity index (χ0v) is 22.1. The zero-order chi connectivity index (χ0) is 24.0. The molecule has 2 heterocycles. The van der Waals surface area contributed by atoms with Gasteiger partial charge >= 0.3 is 0 Å². The molecule has 0 amide bonds. The maximum Gasteiger partial charge on any atom is 0.116 e. The lowest BCUT2D eigenvalue weighted by Gasteiger charge is -2.22. The Bertz CT molecular complexity index is 1540. The highest BCUT2D eigenvalue weighted by Gasteiger charge is 2.20. The third kappa shape index (κ3) is 4.37. The van der Waals surface area contributed by atoms with Gasteiger partial charge in [-0.2, -0.15) is 0 Å². The van der Waals surface area contributed by atoms with E-state index in [1.54, 1.807) is 17.7 Å². The van der Waals surface area contributed by atoms with Crippen molar-refractivity contribution in [1.82, 2.24) is 9.97 Å². The largest absolute Gasteiger partial charge is 0.235 e. The number of aromatic nitrogens is 2. The van der Waals surface area contributed by atoms with E-state index in [9.17, 15) is 0 Å². The van der Waals surface area contributed by atoms with Gasteiger partial charge in [-0.05, 0) is 62.7 Å². The topological polar surface area (TPSA) is 25.8 Å². The van der Waals surface area contributed by atoms with E-state index in [0.29, 0.717) is 5.92 Å². The summed E-state index contributed by atoms with van der Waals surface area (Å²) in [6, 6.07) is 19.9. The summed E-state index contributed by atoms with van der Waals surface area (Å²) in [6.45, 7) is 11.3. The number of hydrogen-bond donors (Lipinski definition) is 0. The van der Waals surface area contributed by atoms with Gasteiger partial charge in [0.15, 0.2) is 0 Å². The zero-order valence-electron chi connectivity index (χ0n) is 20.5. The van der Waals surface area contributed by atoms with Crippen molar-refractivity contribution in [2.75, 3.05) is 0 Å². The minimum absolute atomic E-state index is 0.0330. The Balaban J connectivity index is 1.66. The minimum Gasteiger partial charge on any atom is -0.235 e. The van der Waals surface area contributed by atoms with Gasteiger partial charge in [-0.1, -0.05) is 83.2 Å². The molecule has 0 aliphatic heterocycles. The highest BCUT2D eigenvalue weighted by atomic mass is 32.1. The van der Waals surface area contributed by atoms with E-state index in [2.05, 4.69) is 89.2 Å². The maximum absolute atomic E-state index is 5.65. The highest BCUT2D eigenvalue weighted by Crippen LogP contribution is 2.40. The van der Waals surface area contributed by atoms with Crippen LogP contribution in [0.5, 0.6) is 0 Å². The van der Waals surface area contributed by atoms with Gasteiger partial charge in [0.05, 0.1) is 15.9 Å². The molecule has 0 atom stereocenters. The average Bonchev–Trinajstić information content (AvgIpc) is 3.15. The molecular weight excluding hydrogens is 452 g/mol. The Labute approximate surface area is 211 Å². The lowest BCUT2D eigenvalue weighted by Crippen LogP contribution is -2.12. The van der Waals surface area contributed by atoms with Crippen LogP contribution in [0.3, 0.4) is 0 Å². The molecule has 0 bridgehead atoms. The van der Waals surface area contributed by atoms with Crippen molar-refractivity contribution in [3.05, 3.63) is 72.1 Å². The molecule has 0 aliphatic rings. The number of thiophene rings is 1. The van der Waals surface area contributed by atoms with Crippen LogP contribution >= 0.6 is 23.6 Å². The van der Waals surface area contributed by atoms with Gasteiger partial charge in [-0.3, -0.25) is 0 Å². The Hall–Kier alpha value is -2.69. The number of benzene rings is 3. The summed E-state index contributed by atoms with van der Waals surface area (Å²) >= 11 is 7.43. The number of fused-ring (bicyclic) bond motifs is 4. The van der Waals surface area contributed by atoms with Gasteiger partial charge in [0.1, 0.15) is 6.33 Å². The van der Waals surface area contributed by atoms with Gasteiger partial charge in [-0.25, -0.2) is 9.97 Å². The van der Waals surface area contributed by atoms with Crippen LogP contribution in [-0.2, 0) is 11.8 Å². The molecule has 0 aliphatic carbocycles. The molecule has 4 heteroatoms. The highest BCUT2D eigenvalue weighted by molar-refractivity contribution is 7.80. The van der Waals surface area contributed by atoms with Crippen molar-refractivity contribution < 1.29 is 0 Å². The summed E-state index contributed by atoms with van der Waals surface area (Å²) in [5.74, 6) is 0.596. The number of rotatable bonds is 5. The Morgan fingerprint density at radius 1 is 0.971 bits per heavy atom. The van der Waals surface area contributed by atoms with Crippen LogP contribution in [0.1, 0.15) is 52.2 Å². The van der Waals surface area contributed by atoms with E-state index >= 15 is 0 Å². The molecule has 0 saturated heterocycles. The molecule has 0 N–H and O–H groups in total. The molecule has 0 radical (unpaired) electrons. The first kappa shape index (κ1) is 23.1. The Morgan fingerprint density at radius 2 is 1.76 bits per heavy atom. The Morgan fingerprint density at radius 3 is 2.53 bits per heavy atom. The van der Waals surface area contributed by atoms with Crippen LogP contribution in [0, 0.1) is 5.92 Å². The van der Waals surface area contributed by atoms with Gasteiger partial charge in [-0.15, -0.1) is 11.3 Å². The Kier molecular flexibility index (Phi) is 5.99.